The molecule has 3 aromatic rings. The van der Waals surface area contributed by atoms with Crippen molar-refractivity contribution >= 4 is 22.9 Å². The molecule has 1 fully saturated rings. The lowest BCUT2D eigenvalue weighted by Crippen LogP contribution is -2.27. The Balaban J connectivity index is 1.53. The van der Waals surface area contributed by atoms with E-state index in [2.05, 4.69) is 10.6 Å². The maximum absolute atomic E-state index is 13.9. The molecule has 2 atom stereocenters. The lowest BCUT2D eigenvalue weighted by molar-refractivity contribution is -0.314. The number of nitrogens with one attached hydrogen (secondary N) is 2. The van der Waals surface area contributed by atoms with Crippen molar-refractivity contribution in [2.75, 3.05) is 24.4 Å². The van der Waals surface area contributed by atoms with Gasteiger partial charge in [-0.05, 0) is 35.9 Å². The van der Waals surface area contributed by atoms with E-state index in [1.165, 1.54) is 25.3 Å². The predicted molar refractivity (Wildman–Crippen MR) is 127 cm³/mol. The summed E-state index contributed by atoms with van der Waals surface area (Å²) >= 11 is 0. The molecule has 0 spiro atoms. The van der Waals surface area contributed by atoms with E-state index in [4.69, 9.17) is 14.2 Å². The number of fused-ring (bicyclic) bond motifs is 1. The molecular formula is C27H23FN2O5. The summed E-state index contributed by atoms with van der Waals surface area (Å²) in [7, 11) is 1.48. The van der Waals surface area contributed by atoms with Gasteiger partial charge < -0.3 is 24.8 Å². The number of carbonyl (C=O) groups excluding carboxylic acids is 2. The number of allylic oxidation sites excluding steroid dienone is 1. The number of benzene rings is 3. The van der Waals surface area contributed by atoms with Crippen LogP contribution in [0.1, 0.15) is 39.3 Å². The summed E-state index contributed by atoms with van der Waals surface area (Å²) in [5, 5.41) is 6.22. The maximum atomic E-state index is 13.9. The number of hydrogen-bond donors (Lipinski definition) is 2. The fourth-order valence-corrected chi connectivity index (χ4v) is 4.08. The van der Waals surface area contributed by atoms with Crippen molar-refractivity contribution in [2.24, 2.45) is 0 Å². The van der Waals surface area contributed by atoms with Gasteiger partial charge >= 0.3 is 0 Å². The summed E-state index contributed by atoms with van der Waals surface area (Å²) in [6.07, 6.45) is -0.449. The van der Waals surface area contributed by atoms with E-state index in [-0.39, 0.29) is 29.1 Å². The van der Waals surface area contributed by atoms with Crippen LogP contribution in [-0.2, 0) is 14.2 Å². The van der Waals surface area contributed by atoms with Crippen LogP contribution in [0.3, 0.4) is 0 Å². The van der Waals surface area contributed by atoms with Gasteiger partial charge in [-0.2, -0.15) is 0 Å². The molecule has 2 aliphatic heterocycles. The molecule has 0 aliphatic carbocycles. The van der Waals surface area contributed by atoms with Gasteiger partial charge in [0, 0.05) is 25.2 Å². The Bertz CT molecular complexity index is 1330. The van der Waals surface area contributed by atoms with Crippen LogP contribution in [0.2, 0.25) is 0 Å². The Labute approximate surface area is 201 Å². The molecule has 2 unspecified atom stereocenters. The first kappa shape index (κ1) is 22.9. The van der Waals surface area contributed by atoms with Crippen LogP contribution in [0.25, 0.3) is 0 Å². The number of Topliss-reactive ketones (excluding diaryl/α,β-unsaturated/α-hetero) is 2. The van der Waals surface area contributed by atoms with E-state index in [1.807, 2.05) is 30.3 Å². The van der Waals surface area contributed by atoms with Crippen molar-refractivity contribution < 1.29 is 28.2 Å². The summed E-state index contributed by atoms with van der Waals surface area (Å²) in [6.45, 7) is 1.91. The fraction of sp³-hybridized carbons (Fsp3) is 0.185. The Morgan fingerprint density at radius 3 is 2.17 bits per heavy atom. The van der Waals surface area contributed by atoms with Gasteiger partial charge in [0.25, 0.3) is 5.97 Å². The van der Waals surface area contributed by atoms with Crippen LogP contribution in [0.4, 0.5) is 15.8 Å². The van der Waals surface area contributed by atoms with Crippen molar-refractivity contribution in [3.05, 3.63) is 107 Å². The van der Waals surface area contributed by atoms with Crippen LogP contribution in [-0.4, -0.2) is 31.3 Å². The second kappa shape index (κ2) is 9.07. The zero-order valence-electron chi connectivity index (χ0n) is 19.1. The molecule has 35 heavy (non-hydrogen) atoms. The molecule has 0 bridgehead atoms. The molecule has 2 aliphatic rings. The third kappa shape index (κ3) is 4.46. The van der Waals surface area contributed by atoms with Crippen LogP contribution in [0, 0.1) is 5.82 Å². The quantitative estimate of drug-likeness (QED) is 0.224. The average Bonchev–Trinajstić information content (AvgIpc) is 3.48. The minimum atomic E-state index is -1.17. The van der Waals surface area contributed by atoms with Gasteiger partial charge in [-0.3, -0.25) is 9.59 Å². The molecule has 178 valence electrons. The van der Waals surface area contributed by atoms with Crippen LogP contribution >= 0.6 is 0 Å². The molecule has 2 heterocycles. The SMILES string of the molecule is COC1(C)OCC(c2cccc(C(=O)C(C(=O)c3cccc(F)c3)=C3Nc4ccccc4N3)c2)O1. The lowest BCUT2D eigenvalue weighted by atomic mass is 9.94. The number of ketones is 2. The Hall–Kier alpha value is -3.85. The number of halogens is 1. The topological polar surface area (TPSA) is 85.9 Å². The molecule has 1 saturated heterocycles. The summed E-state index contributed by atoms with van der Waals surface area (Å²) in [6, 6.07) is 19.4. The van der Waals surface area contributed by atoms with E-state index in [0.717, 1.165) is 17.4 Å². The highest BCUT2D eigenvalue weighted by Crippen LogP contribution is 2.35. The van der Waals surface area contributed by atoms with Gasteiger partial charge in [-0.15, -0.1) is 0 Å². The van der Waals surface area contributed by atoms with Gasteiger partial charge in [0.2, 0.25) is 11.6 Å². The van der Waals surface area contributed by atoms with E-state index in [0.29, 0.717) is 5.56 Å². The summed E-state index contributed by atoms with van der Waals surface area (Å²) in [4.78, 5) is 27.3. The molecule has 7 nitrogen and oxygen atoms in total. The first-order chi connectivity index (χ1) is 16.9. The number of hydrogen-bond acceptors (Lipinski definition) is 7. The van der Waals surface area contributed by atoms with Crippen LogP contribution in [0.15, 0.2) is 84.2 Å². The molecule has 0 aromatic heterocycles. The molecule has 3 aromatic carbocycles. The second-order valence-corrected chi connectivity index (χ2v) is 8.32. The summed E-state index contributed by atoms with van der Waals surface area (Å²) in [5.41, 5.74) is 2.38. The maximum Gasteiger partial charge on any atom is 0.280 e. The molecular weight excluding hydrogens is 451 g/mol. The zero-order chi connectivity index (χ0) is 24.6. The number of rotatable bonds is 6. The molecule has 0 saturated carbocycles. The number of carbonyl (C=O) groups is 2. The first-order valence-corrected chi connectivity index (χ1v) is 11.1. The molecule has 5 rings (SSSR count). The number of para-hydroxylation sites is 2. The number of methoxy groups -OCH3 is 1. The molecule has 8 heteroatoms. The van der Waals surface area contributed by atoms with Crippen molar-refractivity contribution in [2.45, 2.75) is 19.0 Å². The number of ether oxygens (including phenoxy) is 3. The fourth-order valence-electron chi connectivity index (χ4n) is 4.08. The van der Waals surface area contributed by atoms with Crippen molar-refractivity contribution in [3.8, 4) is 0 Å². The third-order valence-corrected chi connectivity index (χ3v) is 5.98. The van der Waals surface area contributed by atoms with E-state index in [1.54, 1.807) is 25.1 Å². The van der Waals surface area contributed by atoms with Gasteiger partial charge in [-0.1, -0.05) is 42.5 Å². The predicted octanol–water partition coefficient (Wildman–Crippen LogP) is 5.05. The van der Waals surface area contributed by atoms with Gasteiger partial charge in [0.05, 0.1) is 18.0 Å². The number of anilines is 2. The first-order valence-electron chi connectivity index (χ1n) is 11.1. The minimum Gasteiger partial charge on any atom is -0.339 e. The molecule has 0 amide bonds. The van der Waals surface area contributed by atoms with E-state index >= 15 is 0 Å². The van der Waals surface area contributed by atoms with Gasteiger partial charge in [-0.25, -0.2) is 4.39 Å². The van der Waals surface area contributed by atoms with Crippen molar-refractivity contribution in [1.29, 1.82) is 0 Å². The van der Waals surface area contributed by atoms with Crippen molar-refractivity contribution in [1.82, 2.24) is 0 Å². The zero-order valence-corrected chi connectivity index (χ0v) is 19.1. The average molecular weight is 474 g/mol. The van der Waals surface area contributed by atoms with E-state index in [9.17, 15) is 14.0 Å². The van der Waals surface area contributed by atoms with Gasteiger partial charge in [0.15, 0.2) is 0 Å². The Morgan fingerprint density at radius 2 is 1.57 bits per heavy atom. The van der Waals surface area contributed by atoms with Gasteiger partial charge in [0.1, 0.15) is 23.3 Å². The van der Waals surface area contributed by atoms with Crippen LogP contribution < -0.4 is 10.6 Å². The summed E-state index contributed by atoms with van der Waals surface area (Å²) < 4.78 is 30.6. The smallest absolute Gasteiger partial charge is 0.280 e. The summed E-state index contributed by atoms with van der Waals surface area (Å²) in [5.74, 6) is -2.62. The molecule has 0 radical (unpaired) electrons. The highest BCUT2D eigenvalue weighted by Gasteiger charge is 2.38. The highest BCUT2D eigenvalue weighted by molar-refractivity contribution is 6.32. The largest absolute Gasteiger partial charge is 0.339 e. The standard InChI is InChI=1S/C27H23FN2O5/c1-27(33-2)34-15-22(35-27)16-7-5-8-17(13-16)24(31)23(25(32)18-9-6-10-19(28)14-18)26-29-20-11-3-4-12-21(20)30-26/h3-14,22,29-30H,15H2,1-2H3. The Morgan fingerprint density at radius 1 is 0.943 bits per heavy atom. The minimum absolute atomic E-state index is 0.0694. The highest BCUT2D eigenvalue weighted by atomic mass is 19.1. The monoisotopic (exact) mass is 474 g/mol. The Kier molecular flexibility index (Phi) is 5.94. The molecule has 2 N–H and O–H groups in total. The lowest BCUT2D eigenvalue weighted by Gasteiger charge is -2.20. The third-order valence-electron chi connectivity index (χ3n) is 5.98. The van der Waals surface area contributed by atoms with E-state index < -0.39 is 29.5 Å². The van der Waals surface area contributed by atoms with Crippen LogP contribution in [0.5, 0.6) is 0 Å². The van der Waals surface area contributed by atoms with Crippen molar-refractivity contribution in [3.63, 3.8) is 0 Å². The second-order valence-electron chi connectivity index (χ2n) is 8.32. The normalized spacial score (nSPS) is 20.7.